The molecular weight excluding hydrogens is 219 g/mol. The van der Waals surface area contributed by atoms with Crippen molar-refractivity contribution in [1.29, 1.82) is 0 Å². The van der Waals surface area contributed by atoms with Gasteiger partial charge in [0.05, 0.1) is 6.67 Å². The minimum absolute atomic E-state index is 0.310. The minimum atomic E-state index is -0.344. The van der Waals surface area contributed by atoms with E-state index in [1.807, 2.05) is 19.1 Å². The SMILES string of the molecule is Cc1cc(Oc2ncccn2)ccc1CCF. The lowest BCUT2D eigenvalue weighted by Gasteiger charge is -2.07. The molecule has 0 aliphatic heterocycles. The van der Waals surface area contributed by atoms with Crippen LogP contribution in [0.2, 0.25) is 0 Å². The van der Waals surface area contributed by atoms with Gasteiger partial charge in [0.2, 0.25) is 0 Å². The molecule has 0 N–H and O–H groups in total. The summed E-state index contributed by atoms with van der Waals surface area (Å²) in [7, 11) is 0. The predicted octanol–water partition coefficient (Wildman–Crippen LogP) is 3.09. The molecule has 1 aromatic carbocycles. The smallest absolute Gasteiger partial charge is 0.321 e. The van der Waals surface area contributed by atoms with Crippen LogP contribution in [0, 0.1) is 6.92 Å². The van der Waals surface area contributed by atoms with Crippen LogP contribution in [0.5, 0.6) is 11.8 Å². The third-order valence-electron chi connectivity index (χ3n) is 2.43. The standard InChI is InChI=1S/C13H13FN2O/c1-10-9-12(4-3-11(10)5-6-14)17-13-15-7-2-8-16-13/h2-4,7-9H,5-6H2,1H3. The lowest BCUT2D eigenvalue weighted by Crippen LogP contribution is -1.94. The Morgan fingerprint density at radius 2 is 2.00 bits per heavy atom. The highest BCUT2D eigenvalue weighted by Crippen LogP contribution is 2.21. The first kappa shape index (κ1) is 11.5. The van der Waals surface area contributed by atoms with Crippen LogP contribution < -0.4 is 4.74 Å². The van der Waals surface area contributed by atoms with Crippen LogP contribution >= 0.6 is 0 Å². The van der Waals surface area contributed by atoms with Crippen molar-refractivity contribution in [2.24, 2.45) is 0 Å². The summed E-state index contributed by atoms with van der Waals surface area (Å²) in [6, 6.07) is 7.57. The van der Waals surface area contributed by atoms with Gasteiger partial charge >= 0.3 is 6.01 Å². The maximum atomic E-state index is 12.3. The Labute approximate surface area is 99.3 Å². The van der Waals surface area contributed by atoms with Gasteiger partial charge in [-0.1, -0.05) is 6.07 Å². The monoisotopic (exact) mass is 232 g/mol. The predicted molar refractivity (Wildman–Crippen MR) is 63.0 cm³/mol. The second-order valence-corrected chi connectivity index (χ2v) is 3.66. The third-order valence-corrected chi connectivity index (χ3v) is 2.43. The number of ether oxygens (including phenoxy) is 1. The van der Waals surface area contributed by atoms with E-state index in [4.69, 9.17) is 4.74 Å². The molecule has 2 aromatic rings. The maximum absolute atomic E-state index is 12.3. The van der Waals surface area contributed by atoms with Crippen LogP contribution in [0.15, 0.2) is 36.7 Å². The van der Waals surface area contributed by atoms with Gasteiger partial charge in [-0.3, -0.25) is 4.39 Å². The molecule has 1 aromatic heterocycles. The second-order valence-electron chi connectivity index (χ2n) is 3.66. The Kier molecular flexibility index (Phi) is 3.65. The van der Waals surface area contributed by atoms with Crippen LogP contribution in [-0.2, 0) is 6.42 Å². The minimum Gasteiger partial charge on any atom is -0.424 e. The largest absolute Gasteiger partial charge is 0.424 e. The Hall–Kier alpha value is -1.97. The van der Waals surface area contributed by atoms with Gasteiger partial charge in [-0.05, 0) is 36.2 Å². The number of aromatic nitrogens is 2. The van der Waals surface area contributed by atoms with E-state index < -0.39 is 0 Å². The molecule has 88 valence electrons. The molecule has 0 unspecified atom stereocenters. The Balaban J connectivity index is 2.15. The van der Waals surface area contributed by atoms with Crippen molar-refractivity contribution in [1.82, 2.24) is 9.97 Å². The highest BCUT2D eigenvalue weighted by Gasteiger charge is 2.03. The van der Waals surface area contributed by atoms with E-state index in [-0.39, 0.29) is 6.67 Å². The molecule has 0 bridgehead atoms. The lowest BCUT2D eigenvalue weighted by molar-refractivity contribution is 0.441. The number of alkyl halides is 1. The summed E-state index contributed by atoms with van der Waals surface area (Å²) in [5.41, 5.74) is 2.00. The average Bonchev–Trinajstić information content (AvgIpc) is 2.34. The third kappa shape index (κ3) is 3.00. The molecule has 3 nitrogen and oxygen atoms in total. The zero-order chi connectivity index (χ0) is 12.1. The summed E-state index contributed by atoms with van der Waals surface area (Å²) in [5, 5.41) is 0. The van der Waals surface area contributed by atoms with E-state index in [0.717, 1.165) is 11.1 Å². The molecule has 4 heteroatoms. The van der Waals surface area contributed by atoms with Crippen molar-refractivity contribution < 1.29 is 9.13 Å². The second kappa shape index (κ2) is 5.39. The lowest BCUT2D eigenvalue weighted by atomic mass is 10.1. The van der Waals surface area contributed by atoms with Gasteiger partial charge in [-0.2, -0.15) is 0 Å². The van der Waals surface area contributed by atoms with E-state index in [1.165, 1.54) is 0 Å². The zero-order valence-corrected chi connectivity index (χ0v) is 9.56. The molecule has 1 heterocycles. The molecule has 0 fully saturated rings. The van der Waals surface area contributed by atoms with Gasteiger partial charge in [0.1, 0.15) is 5.75 Å². The Morgan fingerprint density at radius 1 is 1.24 bits per heavy atom. The molecule has 0 atom stereocenters. The summed E-state index contributed by atoms with van der Waals surface area (Å²) in [4.78, 5) is 7.94. The molecule has 0 saturated carbocycles. The summed E-state index contributed by atoms with van der Waals surface area (Å²) >= 11 is 0. The van der Waals surface area contributed by atoms with E-state index in [0.29, 0.717) is 18.2 Å². The van der Waals surface area contributed by atoms with Gasteiger partial charge in [0.25, 0.3) is 0 Å². The van der Waals surface area contributed by atoms with Crippen molar-refractivity contribution >= 4 is 0 Å². The topological polar surface area (TPSA) is 35.0 Å². The molecule has 0 aliphatic carbocycles. The molecule has 0 aliphatic rings. The fraction of sp³-hybridized carbons (Fsp3) is 0.231. The number of nitrogens with zero attached hydrogens (tertiary/aromatic N) is 2. The summed E-state index contributed by atoms with van der Waals surface area (Å²) in [5.74, 6) is 0.663. The first-order valence-electron chi connectivity index (χ1n) is 5.40. The van der Waals surface area contributed by atoms with E-state index >= 15 is 0 Å². The molecule has 0 saturated heterocycles. The fourth-order valence-electron chi connectivity index (χ4n) is 1.56. The molecule has 0 radical (unpaired) electrons. The summed E-state index contributed by atoms with van der Waals surface area (Å²) in [6.07, 6.45) is 3.67. The van der Waals surface area contributed by atoms with Crippen molar-refractivity contribution in [3.05, 3.63) is 47.8 Å². The van der Waals surface area contributed by atoms with Gasteiger partial charge in [-0.25, -0.2) is 9.97 Å². The van der Waals surface area contributed by atoms with Crippen molar-refractivity contribution in [2.45, 2.75) is 13.3 Å². The number of rotatable bonds is 4. The molecule has 0 spiro atoms. The first-order chi connectivity index (χ1) is 8.29. The maximum Gasteiger partial charge on any atom is 0.321 e. The average molecular weight is 232 g/mol. The van der Waals surface area contributed by atoms with E-state index in [9.17, 15) is 4.39 Å². The Bertz CT molecular complexity index is 488. The van der Waals surface area contributed by atoms with Crippen LogP contribution in [-0.4, -0.2) is 16.6 Å². The normalized spacial score (nSPS) is 10.2. The van der Waals surface area contributed by atoms with Crippen LogP contribution in [0.25, 0.3) is 0 Å². The Morgan fingerprint density at radius 3 is 2.65 bits per heavy atom. The van der Waals surface area contributed by atoms with Crippen molar-refractivity contribution in [2.75, 3.05) is 6.67 Å². The van der Waals surface area contributed by atoms with Crippen LogP contribution in [0.1, 0.15) is 11.1 Å². The van der Waals surface area contributed by atoms with Gasteiger partial charge in [-0.15, -0.1) is 0 Å². The number of aryl methyl sites for hydroxylation is 2. The van der Waals surface area contributed by atoms with Gasteiger partial charge < -0.3 is 4.74 Å². The molecular formula is C13H13FN2O. The quantitative estimate of drug-likeness (QED) is 0.812. The van der Waals surface area contributed by atoms with Crippen molar-refractivity contribution in [3.8, 4) is 11.8 Å². The molecule has 0 amide bonds. The molecule has 17 heavy (non-hydrogen) atoms. The molecule has 2 rings (SSSR count). The number of halogens is 1. The van der Waals surface area contributed by atoms with Crippen molar-refractivity contribution in [3.63, 3.8) is 0 Å². The van der Waals surface area contributed by atoms with Crippen LogP contribution in [0.4, 0.5) is 4.39 Å². The first-order valence-corrected chi connectivity index (χ1v) is 5.40. The number of hydrogen-bond donors (Lipinski definition) is 0. The summed E-state index contributed by atoms with van der Waals surface area (Å²) < 4.78 is 17.7. The van der Waals surface area contributed by atoms with Crippen LogP contribution in [0.3, 0.4) is 0 Å². The summed E-state index contributed by atoms with van der Waals surface area (Å²) in [6.45, 7) is 1.59. The van der Waals surface area contributed by atoms with E-state index in [1.54, 1.807) is 24.5 Å². The zero-order valence-electron chi connectivity index (χ0n) is 9.56. The highest BCUT2D eigenvalue weighted by atomic mass is 19.1. The van der Waals surface area contributed by atoms with Gasteiger partial charge in [0, 0.05) is 18.8 Å². The van der Waals surface area contributed by atoms with Gasteiger partial charge in [0.15, 0.2) is 0 Å². The fourth-order valence-corrected chi connectivity index (χ4v) is 1.56. The number of hydrogen-bond acceptors (Lipinski definition) is 3. The van der Waals surface area contributed by atoms with E-state index in [2.05, 4.69) is 9.97 Å². The number of benzene rings is 1. The highest BCUT2D eigenvalue weighted by molar-refractivity contribution is 5.36.